The lowest BCUT2D eigenvalue weighted by Crippen LogP contribution is -2.21. The fourth-order valence-electron chi connectivity index (χ4n) is 1.80. The molecule has 1 heterocycles. The van der Waals surface area contributed by atoms with Crippen molar-refractivity contribution in [1.82, 2.24) is 10.6 Å². The highest BCUT2D eigenvalue weighted by molar-refractivity contribution is 5.62. The van der Waals surface area contributed by atoms with Gasteiger partial charge < -0.3 is 10.6 Å². The Morgan fingerprint density at radius 2 is 1.76 bits per heavy atom. The largest absolute Gasteiger partial charge is 0.394 e. The van der Waals surface area contributed by atoms with Crippen LogP contribution in [0.25, 0.3) is 5.57 Å². The van der Waals surface area contributed by atoms with Crippen LogP contribution in [0.1, 0.15) is 31.7 Å². The number of rotatable bonds is 2. The Morgan fingerprint density at radius 1 is 1.12 bits per heavy atom. The maximum Gasteiger partial charge on any atom is 0.00278 e. The SMILES string of the molecule is C1CCNCC1.CN/C=C(/C)c1ccccc1. The molecule has 0 unspecified atom stereocenters. The quantitative estimate of drug-likeness (QED) is 0.819. The van der Waals surface area contributed by atoms with Gasteiger partial charge >= 0.3 is 0 Å². The maximum atomic E-state index is 3.28. The van der Waals surface area contributed by atoms with E-state index < -0.39 is 0 Å². The molecule has 2 rings (SSSR count). The molecule has 0 amide bonds. The van der Waals surface area contributed by atoms with Gasteiger partial charge in [0.2, 0.25) is 0 Å². The van der Waals surface area contributed by atoms with Crippen LogP contribution in [0.4, 0.5) is 0 Å². The van der Waals surface area contributed by atoms with Crippen LogP contribution in [0.2, 0.25) is 0 Å². The number of hydrogen-bond acceptors (Lipinski definition) is 2. The number of benzene rings is 1. The van der Waals surface area contributed by atoms with E-state index in [2.05, 4.69) is 29.7 Å². The predicted octanol–water partition coefficient (Wildman–Crippen LogP) is 3.03. The number of hydrogen-bond donors (Lipinski definition) is 2. The first kappa shape index (κ1) is 13.8. The summed E-state index contributed by atoms with van der Waals surface area (Å²) < 4.78 is 0. The van der Waals surface area contributed by atoms with Gasteiger partial charge in [-0.05, 0) is 50.2 Å². The average Bonchev–Trinajstić information content (AvgIpc) is 2.43. The van der Waals surface area contributed by atoms with Gasteiger partial charge in [0.1, 0.15) is 0 Å². The fraction of sp³-hybridized carbons (Fsp3) is 0.467. The zero-order chi connectivity index (χ0) is 12.3. The topological polar surface area (TPSA) is 24.1 Å². The molecule has 0 bridgehead atoms. The van der Waals surface area contributed by atoms with Crippen LogP contribution in [-0.2, 0) is 0 Å². The molecule has 1 saturated heterocycles. The molecule has 2 heteroatoms. The summed E-state index contributed by atoms with van der Waals surface area (Å²) >= 11 is 0. The second-order valence-electron chi connectivity index (χ2n) is 4.29. The molecule has 1 aliphatic heterocycles. The molecule has 17 heavy (non-hydrogen) atoms. The third kappa shape index (κ3) is 6.12. The van der Waals surface area contributed by atoms with E-state index in [4.69, 9.17) is 0 Å². The zero-order valence-corrected chi connectivity index (χ0v) is 11.0. The van der Waals surface area contributed by atoms with Gasteiger partial charge in [-0.2, -0.15) is 0 Å². The first-order valence-electron chi connectivity index (χ1n) is 6.45. The van der Waals surface area contributed by atoms with Crippen LogP contribution in [0.5, 0.6) is 0 Å². The molecule has 2 nitrogen and oxygen atoms in total. The minimum atomic E-state index is 1.25. The minimum Gasteiger partial charge on any atom is -0.394 e. The Morgan fingerprint density at radius 3 is 2.18 bits per heavy atom. The smallest absolute Gasteiger partial charge is 0.00278 e. The summed E-state index contributed by atoms with van der Waals surface area (Å²) in [6.07, 6.45) is 6.21. The molecule has 0 aliphatic carbocycles. The third-order valence-corrected chi connectivity index (χ3v) is 2.80. The molecule has 0 atom stereocenters. The summed E-state index contributed by atoms with van der Waals surface area (Å²) in [5, 5.41) is 6.29. The van der Waals surface area contributed by atoms with Gasteiger partial charge in [-0.25, -0.2) is 0 Å². The Labute approximate surface area is 105 Å². The van der Waals surface area contributed by atoms with Crippen LogP contribution in [-0.4, -0.2) is 20.1 Å². The maximum absolute atomic E-state index is 3.28. The highest BCUT2D eigenvalue weighted by Gasteiger charge is 1.93. The number of nitrogens with one attached hydrogen (secondary N) is 2. The summed E-state index contributed by atoms with van der Waals surface area (Å²) in [7, 11) is 1.91. The van der Waals surface area contributed by atoms with Crippen molar-refractivity contribution >= 4 is 5.57 Å². The molecular weight excluding hydrogens is 208 g/mol. The van der Waals surface area contributed by atoms with Crippen molar-refractivity contribution in [1.29, 1.82) is 0 Å². The van der Waals surface area contributed by atoms with Gasteiger partial charge in [-0.3, -0.25) is 0 Å². The van der Waals surface area contributed by atoms with E-state index in [1.807, 2.05) is 31.4 Å². The lowest BCUT2D eigenvalue weighted by Gasteiger charge is -2.08. The van der Waals surface area contributed by atoms with Gasteiger partial charge in [0.05, 0.1) is 0 Å². The number of allylic oxidation sites excluding steroid dienone is 1. The average molecular weight is 232 g/mol. The van der Waals surface area contributed by atoms with E-state index in [9.17, 15) is 0 Å². The van der Waals surface area contributed by atoms with Crippen molar-refractivity contribution in [3.63, 3.8) is 0 Å². The second-order valence-corrected chi connectivity index (χ2v) is 4.29. The standard InChI is InChI=1S/C10H13N.C5H11N/c1-9(8-11-2)10-6-4-3-5-7-10;1-2-4-6-5-3-1/h3-8,11H,1-2H3;6H,1-5H2/b9-8-;. The molecule has 2 N–H and O–H groups in total. The normalized spacial score (nSPS) is 15.8. The van der Waals surface area contributed by atoms with Gasteiger partial charge in [-0.15, -0.1) is 0 Å². The van der Waals surface area contributed by atoms with E-state index in [0.29, 0.717) is 0 Å². The molecule has 1 aromatic rings. The van der Waals surface area contributed by atoms with Crippen molar-refractivity contribution in [2.24, 2.45) is 0 Å². The molecule has 0 radical (unpaired) electrons. The molecule has 1 aliphatic rings. The summed E-state index contributed by atoms with van der Waals surface area (Å²) in [5.74, 6) is 0. The molecule has 0 aromatic heterocycles. The van der Waals surface area contributed by atoms with E-state index >= 15 is 0 Å². The van der Waals surface area contributed by atoms with Crippen LogP contribution >= 0.6 is 0 Å². The van der Waals surface area contributed by atoms with E-state index in [-0.39, 0.29) is 0 Å². The van der Waals surface area contributed by atoms with Crippen molar-refractivity contribution in [3.8, 4) is 0 Å². The monoisotopic (exact) mass is 232 g/mol. The van der Waals surface area contributed by atoms with E-state index in [0.717, 1.165) is 0 Å². The predicted molar refractivity (Wildman–Crippen MR) is 75.9 cm³/mol. The third-order valence-electron chi connectivity index (χ3n) is 2.80. The van der Waals surface area contributed by atoms with Crippen molar-refractivity contribution in [2.75, 3.05) is 20.1 Å². The van der Waals surface area contributed by atoms with Crippen molar-refractivity contribution in [3.05, 3.63) is 42.1 Å². The molecule has 0 spiro atoms. The molecule has 0 saturated carbocycles. The Bertz CT molecular complexity index is 301. The minimum absolute atomic E-state index is 1.25. The lowest BCUT2D eigenvalue weighted by atomic mass is 10.1. The summed E-state index contributed by atoms with van der Waals surface area (Å²) in [4.78, 5) is 0. The summed E-state index contributed by atoms with van der Waals surface area (Å²) in [6, 6.07) is 10.3. The highest BCUT2D eigenvalue weighted by Crippen LogP contribution is 2.10. The highest BCUT2D eigenvalue weighted by atomic mass is 14.9. The van der Waals surface area contributed by atoms with E-state index in [1.165, 1.54) is 43.5 Å². The van der Waals surface area contributed by atoms with E-state index in [1.54, 1.807) is 0 Å². The zero-order valence-electron chi connectivity index (χ0n) is 11.0. The summed E-state index contributed by atoms with van der Waals surface area (Å²) in [6.45, 7) is 4.59. The lowest BCUT2D eigenvalue weighted by molar-refractivity contribution is 0.520. The van der Waals surface area contributed by atoms with Crippen LogP contribution in [0.3, 0.4) is 0 Å². The van der Waals surface area contributed by atoms with Crippen LogP contribution in [0.15, 0.2) is 36.5 Å². The molecule has 1 fully saturated rings. The van der Waals surface area contributed by atoms with Gasteiger partial charge in [-0.1, -0.05) is 36.8 Å². The molecule has 1 aromatic carbocycles. The molecule has 94 valence electrons. The molecular formula is C15H24N2. The van der Waals surface area contributed by atoms with Gasteiger partial charge in [0, 0.05) is 7.05 Å². The fourth-order valence-corrected chi connectivity index (χ4v) is 1.80. The first-order chi connectivity index (χ1) is 8.34. The Kier molecular flexibility index (Phi) is 7.15. The van der Waals surface area contributed by atoms with Gasteiger partial charge in [0.15, 0.2) is 0 Å². The first-order valence-corrected chi connectivity index (χ1v) is 6.45. The van der Waals surface area contributed by atoms with Crippen LogP contribution < -0.4 is 10.6 Å². The Hall–Kier alpha value is -1.28. The number of piperidine rings is 1. The van der Waals surface area contributed by atoms with Crippen LogP contribution in [0, 0.1) is 0 Å². The Balaban J connectivity index is 0.000000202. The van der Waals surface area contributed by atoms with Crippen molar-refractivity contribution < 1.29 is 0 Å². The summed E-state index contributed by atoms with van der Waals surface area (Å²) in [5.41, 5.74) is 2.52. The second kappa shape index (κ2) is 8.82. The van der Waals surface area contributed by atoms with Crippen molar-refractivity contribution in [2.45, 2.75) is 26.2 Å². The van der Waals surface area contributed by atoms with Gasteiger partial charge in [0.25, 0.3) is 0 Å².